The van der Waals surface area contributed by atoms with E-state index >= 15 is 0 Å². The summed E-state index contributed by atoms with van der Waals surface area (Å²) in [4.78, 5) is 16.2. The molecule has 0 saturated carbocycles. The van der Waals surface area contributed by atoms with E-state index in [4.69, 9.17) is 9.47 Å². The first-order valence-corrected chi connectivity index (χ1v) is 6.69. The second-order valence-corrected chi connectivity index (χ2v) is 4.89. The average molecular weight is 332 g/mol. The molecule has 2 heterocycles. The van der Waals surface area contributed by atoms with Gasteiger partial charge in [0.1, 0.15) is 12.8 Å². The zero-order chi connectivity index (χ0) is 13.7. The van der Waals surface area contributed by atoms with E-state index in [9.17, 15) is 10.1 Å². The van der Waals surface area contributed by atoms with Crippen molar-refractivity contribution in [1.29, 1.82) is 0 Å². The van der Waals surface area contributed by atoms with Gasteiger partial charge < -0.3 is 9.47 Å². The summed E-state index contributed by atoms with van der Waals surface area (Å²) in [6.45, 7) is 4.58. The Morgan fingerprint density at radius 2 is 2.26 bits per heavy atom. The number of nitrogens with zero attached hydrogens (tertiary/aromatic N) is 3. The van der Waals surface area contributed by atoms with Crippen LogP contribution in [0.3, 0.4) is 0 Å². The van der Waals surface area contributed by atoms with Crippen LogP contribution in [0.4, 0.5) is 5.69 Å². The van der Waals surface area contributed by atoms with Crippen LogP contribution in [0.5, 0.6) is 5.88 Å². The van der Waals surface area contributed by atoms with Crippen LogP contribution < -0.4 is 4.74 Å². The molecule has 0 aromatic carbocycles. The van der Waals surface area contributed by atoms with Crippen LogP contribution in [0.15, 0.2) is 16.7 Å². The molecular formula is C11H14BrN3O4. The van der Waals surface area contributed by atoms with Gasteiger partial charge in [0.2, 0.25) is 5.88 Å². The van der Waals surface area contributed by atoms with Crippen LogP contribution in [0.25, 0.3) is 0 Å². The summed E-state index contributed by atoms with van der Waals surface area (Å²) in [5.74, 6) is 0.374. The lowest BCUT2D eigenvalue weighted by Crippen LogP contribution is -2.38. The van der Waals surface area contributed by atoms with E-state index in [2.05, 4.69) is 25.8 Å². The van der Waals surface area contributed by atoms with Crippen molar-refractivity contribution in [3.8, 4) is 5.88 Å². The summed E-state index contributed by atoms with van der Waals surface area (Å²) in [6.07, 6.45) is 1.19. The van der Waals surface area contributed by atoms with Crippen LogP contribution >= 0.6 is 15.9 Å². The molecule has 0 N–H and O–H groups in total. The third-order valence-corrected chi connectivity index (χ3v) is 3.32. The number of pyridine rings is 1. The summed E-state index contributed by atoms with van der Waals surface area (Å²) < 4.78 is 11.3. The molecule has 1 fully saturated rings. The van der Waals surface area contributed by atoms with Gasteiger partial charge in [0.15, 0.2) is 0 Å². The maximum Gasteiger partial charge on any atom is 0.288 e. The summed E-state index contributed by atoms with van der Waals surface area (Å²) in [5.41, 5.74) is -0.0626. The molecule has 2 rings (SSSR count). The van der Waals surface area contributed by atoms with E-state index in [-0.39, 0.29) is 5.69 Å². The van der Waals surface area contributed by atoms with E-state index in [1.165, 1.54) is 12.3 Å². The third kappa shape index (κ3) is 4.12. The number of morpholine rings is 1. The fourth-order valence-electron chi connectivity index (χ4n) is 1.72. The number of hydrogen-bond acceptors (Lipinski definition) is 6. The van der Waals surface area contributed by atoms with Gasteiger partial charge in [-0.1, -0.05) is 0 Å². The van der Waals surface area contributed by atoms with Crippen LogP contribution in [-0.2, 0) is 4.74 Å². The fourth-order valence-corrected chi connectivity index (χ4v) is 2.17. The van der Waals surface area contributed by atoms with Gasteiger partial charge in [-0.05, 0) is 15.9 Å². The van der Waals surface area contributed by atoms with E-state index in [1.807, 2.05) is 0 Å². The SMILES string of the molecule is O=[N+]([O-])c1cnc(OCCN2CCOCC2)c(Br)c1. The Hall–Kier alpha value is -1.25. The first kappa shape index (κ1) is 14.2. The summed E-state index contributed by atoms with van der Waals surface area (Å²) >= 11 is 3.22. The van der Waals surface area contributed by atoms with Crippen molar-refractivity contribution in [2.45, 2.75) is 0 Å². The largest absolute Gasteiger partial charge is 0.475 e. The lowest BCUT2D eigenvalue weighted by atomic mass is 10.4. The number of ether oxygens (including phenoxy) is 2. The molecule has 0 atom stereocenters. The highest BCUT2D eigenvalue weighted by molar-refractivity contribution is 9.10. The molecule has 0 unspecified atom stereocenters. The number of hydrogen-bond donors (Lipinski definition) is 0. The standard InChI is InChI=1S/C11H14BrN3O4/c12-10-7-9(15(16)17)8-13-11(10)19-6-3-14-1-4-18-5-2-14/h7-8H,1-6H2. The van der Waals surface area contributed by atoms with Gasteiger partial charge in [-0.2, -0.15) is 0 Å². The van der Waals surface area contributed by atoms with Crippen LogP contribution in [0.1, 0.15) is 0 Å². The molecule has 104 valence electrons. The Balaban J connectivity index is 1.83. The molecular weight excluding hydrogens is 318 g/mol. The van der Waals surface area contributed by atoms with Crippen molar-refractivity contribution in [3.05, 3.63) is 26.9 Å². The van der Waals surface area contributed by atoms with Gasteiger partial charge in [-0.15, -0.1) is 0 Å². The zero-order valence-electron chi connectivity index (χ0n) is 10.2. The second kappa shape index (κ2) is 6.78. The molecule has 19 heavy (non-hydrogen) atoms. The summed E-state index contributed by atoms with van der Waals surface area (Å²) in [7, 11) is 0. The Morgan fingerprint density at radius 3 is 2.89 bits per heavy atom. The molecule has 1 aromatic rings. The quantitative estimate of drug-likeness (QED) is 0.600. The van der Waals surface area contributed by atoms with Crippen molar-refractivity contribution in [2.24, 2.45) is 0 Å². The van der Waals surface area contributed by atoms with Crippen molar-refractivity contribution in [2.75, 3.05) is 39.5 Å². The van der Waals surface area contributed by atoms with E-state index in [0.717, 1.165) is 32.8 Å². The zero-order valence-corrected chi connectivity index (χ0v) is 11.8. The van der Waals surface area contributed by atoms with Gasteiger partial charge in [-0.3, -0.25) is 15.0 Å². The fraction of sp³-hybridized carbons (Fsp3) is 0.545. The van der Waals surface area contributed by atoms with Gasteiger partial charge in [0.25, 0.3) is 5.69 Å². The highest BCUT2D eigenvalue weighted by atomic mass is 79.9. The molecule has 1 aliphatic rings. The highest BCUT2D eigenvalue weighted by Gasteiger charge is 2.13. The normalized spacial score (nSPS) is 16.3. The molecule has 0 amide bonds. The molecule has 1 aromatic heterocycles. The lowest BCUT2D eigenvalue weighted by Gasteiger charge is -2.26. The second-order valence-electron chi connectivity index (χ2n) is 4.04. The van der Waals surface area contributed by atoms with E-state index in [0.29, 0.717) is 17.0 Å². The minimum atomic E-state index is -0.491. The maximum absolute atomic E-state index is 10.6. The van der Waals surface area contributed by atoms with Gasteiger partial charge >= 0.3 is 0 Å². The predicted octanol–water partition coefficient (Wildman–Crippen LogP) is 1.46. The highest BCUT2D eigenvalue weighted by Crippen LogP contribution is 2.26. The average Bonchev–Trinajstić information content (AvgIpc) is 2.41. The first-order valence-electron chi connectivity index (χ1n) is 5.89. The molecule has 7 nitrogen and oxygen atoms in total. The van der Waals surface area contributed by atoms with Crippen LogP contribution in [-0.4, -0.2) is 54.3 Å². The Kier molecular flexibility index (Phi) is 5.06. The molecule has 0 aliphatic carbocycles. The van der Waals surface area contributed by atoms with E-state index in [1.54, 1.807) is 0 Å². The number of halogens is 1. The van der Waals surface area contributed by atoms with Crippen LogP contribution in [0.2, 0.25) is 0 Å². The molecule has 0 spiro atoms. The lowest BCUT2D eigenvalue weighted by molar-refractivity contribution is -0.385. The molecule has 0 bridgehead atoms. The predicted molar refractivity (Wildman–Crippen MR) is 71.3 cm³/mol. The first-order chi connectivity index (χ1) is 9.16. The monoisotopic (exact) mass is 331 g/mol. The molecule has 0 radical (unpaired) electrons. The topological polar surface area (TPSA) is 77.7 Å². The molecule has 8 heteroatoms. The summed E-state index contributed by atoms with van der Waals surface area (Å²) in [5, 5.41) is 10.6. The minimum absolute atomic E-state index is 0.0626. The van der Waals surface area contributed by atoms with Gasteiger partial charge in [0.05, 0.1) is 22.6 Å². The molecule has 1 saturated heterocycles. The van der Waals surface area contributed by atoms with Gasteiger partial charge in [-0.25, -0.2) is 4.98 Å². The molecule has 1 aliphatic heterocycles. The van der Waals surface area contributed by atoms with E-state index < -0.39 is 4.92 Å². The smallest absolute Gasteiger partial charge is 0.288 e. The summed E-state index contributed by atoms with van der Waals surface area (Å²) in [6, 6.07) is 1.39. The van der Waals surface area contributed by atoms with Crippen molar-refractivity contribution >= 4 is 21.6 Å². The Labute approximate surface area is 118 Å². The van der Waals surface area contributed by atoms with Crippen molar-refractivity contribution < 1.29 is 14.4 Å². The number of rotatable bonds is 5. The van der Waals surface area contributed by atoms with Crippen molar-refractivity contribution in [3.63, 3.8) is 0 Å². The maximum atomic E-state index is 10.6. The Bertz CT molecular complexity index is 452. The van der Waals surface area contributed by atoms with Crippen LogP contribution in [0, 0.1) is 10.1 Å². The number of nitro groups is 1. The third-order valence-electron chi connectivity index (χ3n) is 2.75. The van der Waals surface area contributed by atoms with Gasteiger partial charge in [0, 0.05) is 25.7 Å². The number of aromatic nitrogens is 1. The Morgan fingerprint density at radius 1 is 1.53 bits per heavy atom. The minimum Gasteiger partial charge on any atom is -0.475 e. The van der Waals surface area contributed by atoms with Crippen molar-refractivity contribution in [1.82, 2.24) is 9.88 Å².